The second-order valence-electron chi connectivity index (χ2n) is 4.05. The van der Waals surface area contributed by atoms with Crippen LogP contribution in [-0.2, 0) is 6.54 Å². The summed E-state index contributed by atoms with van der Waals surface area (Å²) in [4.78, 5) is 11.8. The number of halogens is 2. The fraction of sp³-hybridized carbons (Fsp3) is 0.0714. The van der Waals surface area contributed by atoms with Crippen molar-refractivity contribution in [3.8, 4) is 0 Å². The maximum Gasteiger partial charge on any atom is 0.254 e. The van der Waals surface area contributed by atoms with Gasteiger partial charge in [0.25, 0.3) is 5.91 Å². The smallest absolute Gasteiger partial charge is 0.254 e. The van der Waals surface area contributed by atoms with Crippen molar-refractivity contribution in [3.05, 3.63) is 64.4 Å². The molecule has 0 atom stereocenters. The summed E-state index contributed by atoms with van der Waals surface area (Å²) in [6.45, 7) is 0.281. The Balaban J connectivity index is 2.05. The van der Waals surface area contributed by atoms with Gasteiger partial charge >= 0.3 is 0 Å². The largest absolute Gasteiger partial charge is 0.399 e. The Kier molecular flexibility index (Phi) is 4.02. The van der Waals surface area contributed by atoms with Crippen molar-refractivity contribution in [2.75, 3.05) is 5.73 Å². The minimum Gasteiger partial charge on any atom is -0.399 e. The first kappa shape index (κ1) is 13.4. The van der Waals surface area contributed by atoms with Crippen LogP contribution in [0.25, 0.3) is 0 Å². The summed E-state index contributed by atoms with van der Waals surface area (Å²) in [5, 5.41) is 3.21. The molecule has 2 aromatic carbocycles. The average Bonchev–Trinajstić information content (AvgIpc) is 2.36. The van der Waals surface area contributed by atoms with Crippen LogP contribution < -0.4 is 11.1 Å². The number of carbonyl (C=O) groups excluding carboxylic acids is 1. The SMILES string of the molecule is Nc1ccc(C(=O)NCc2cccc(Cl)c2)c(F)c1. The number of benzene rings is 2. The van der Waals surface area contributed by atoms with Crippen molar-refractivity contribution < 1.29 is 9.18 Å². The number of hydrogen-bond acceptors (Lipinski definition) is 2. The molecule has 0 bridgehead atoms. The van der Waals surface area contributed by atoms with E-state index in [1.54, 1.807) is 18.2 Å². The monoisotopic (exact) mass is 278 g/mol. The molecule has 0 aliphatic carbocycles. The molecule has 3 nitrogen and oxygen atoms in total. The zero-order chi connectivity index (χ0) is 13.8. The number of nitrogens with one attached hydrogen (secondary N) is 1. The number of carbonyl (C=O) groups is 1. The Morgan fingerprint density at radius 2 is 2.05 bits per heavy atom. The van der Waals surface area contributed by atoms with Gasteiger partial charge in [0.1, 0.15) is 5.82 Å². The topological polar surface area (TPSA) is 55.1 Å². The second-order valence-corrected chi connectivity index (χ2v) is 4.49. The van der Waals surface area contributed by atoms with Crippen molar-refractivity contribution in [1.82, 2.24) is 5.32 Å². The maximum absolute atomic E-state index is 13.5. The predicted molar refractivity (Wildman–Crippen MR) is 73.4 cm³/mol. The standard InChI is InChI=1S/C14H12ClFN2O/c15-10-3-1-2-9(6-10)8-18-14(19)12-5-4-11(17)7-13(12)16/h1-7H,8,17H2,(H,18,19). The first-order valence-electron chi connectivity index (χ1n) is 5.64. The summed E-state index contributed by atoms with van der Waals surface area (Å²) >= 11 is 5.83. The van der Waals surface area contributed by atoms with Crippen LogP contribution in [0.4, 0.5) is 10.1 Å². The summed E-state index contributed by atoms with van der Waals surface area (Å²) < 4.78 is 13.5. The molecule has 0 heterocycles. The van der Waals surface area contributed by atoms with E-state index in [0.717, 1.165) is 11.6 Å². The van der Waals surface area contributed by atoms with E-state index in [1.807, 2.05) is 6.07 Å². The van der Waals surface area contributed by atoms with Gasteiger partial charge in [-0.2, -0.15) is 0 Å². The first-order valence-corrected chi connectivity index (χ1v) is 6.02. The van der Waals surface area contributed by atoms with Crippen molar-refractivity contribution in [3.63, 3.8) is 0 Å². The Labute approximate surface area is 115 Å². The predicted octanol–water partition coefficient (Wildman–Crippen LogP) is 2.99. The van der Waals surface area contributed by atoms with Crippen molar-refractivity contribution in [2.45, 2.75) is 6.54 Å². The second kappa shape index (κ2) is 5.71. The minimum absolute atomic E-state index is 0.0313. The quantitative estimate of drug-likeness (QED) is 0.848. The maximum atomic E-state index is 13.5. The summed E-state index contributed by atoms with van der Waals surface area (Å²) in [6, 6.07) is 11.1. The Morgan fingerprint density at radius 1 is 1.26 bits per heavy atom. The third-order valence-corrected chi connectivity index (χ3v) is 2.81. The third-order valence-electron chi connectivity index (χ3n) is 2.58. The summed E-state index contributed by atoms with van der Waals surface area (Å²) in [5.74, 6) is -1.12. The highest BCUT2D eigenvalue weighted by Crippen LogP contribution is 2.13. The van der Waals surface area contributed by atoms with Gasteiger partial charge in [0.2, 0.25) is 0 Å². The molecule has 0 saturated heterocycles. The minimum atomic E-state index is -0.636. The van der Waals surface area contributed by atoms with Gasteiger partial charge in [-0.3, -0.25) is 4.79 Å². The molecular formula is C14H12ClFN2O. The van der Waals surface area contributed by atoms with E-state index < -0.39 is 11.7 Å². The molecule has 0 spiro atoms. The van der Waals surface area contributed by atoms with Gasteiger partial charge in [0.15, 0.2) is 0 Å². The number of hydrogen-bond donors (Lipinski definition) is 2. The van der Waals surface area contributed by atoms with Gasteiger partial charge in [0.05, 0.1) is 5.56 Å². The lowest BCUT2D eigenvalue weighted by Crippen LogP contribution is -2.23. The van der Waals surface area contributed by atoms with E-state index in [4.69, 9.17) is 17.3 Å². The van der Waals surface area contributed by atoms with Gasteiger partial charge in [0, 0.05) is 17.3 Å². The normalized spacial score (nSPS) is 10.2. The lowest BCUT2D eigenvalue weighted by Gasteiger charge is -2.07. The van der Waals surface area contributed by atoms with Crippen molar-refractivity contribution in [1.29, 1.82) is 0 Å². The summed E-state index contributed by atoms with van der Waals surface area (Å²) in [6.07, 6.45) is 0. The first-order chi connectivity index (χ1) is 9.06. The molecule has 2 aromatic rings. The molecule has 0 aromatic heterocycles. The molecule has 0 aliphatic rings. The molecule has 19 heavy (non-hydrogen) atoms. The van der Waals surface area contributed by atoms with Gasteiger partial charge in [-0.25, -0.2) is 4.39 Å². The molecule has 0 aliphatic heterocycles. The van der Waals surface area contributed by atoms with Gasteiger partial charge in [-0.1, -0.05) is 23.7 Å². The van der Waals surface area contributed by atoms with Crippen LogP contribution >= 0.6 is 11.6 Å². The van der Waals surface area contributed by atoms with E-state index in [2.05, 4.69) is 5.32 Å². The fourth-order valence-corrected chi connectivity index (χ4v) is 1.85. The molecule has 98 valence electrons. The number of amides is 1. The molecule has 0 radical (unpaired) electrons. The molecule has 0 unspecified atom stereocenters. The molecule has 0 saturated carbocycles. The molecule has 0 fully saturated rings. The zero-order valence-electron chi connectivity index (χ0n) is 9.99. The lowest BCUT2D eigenvalue weighted by atomic mass is 10.1. The highest BCUT2D eigenvalue weighted by atomic mass is 35.5. The molecule has 2 rings (SSSR count). The average molecular weight is 279 g/mol. The van der Waals surface area contributed by atoms with Crippen LogP contribution in [0.1, 0.15) is 15.9 Å². The molecule has 1 amide bonds. The molecule has 3 N–H and O–H groups in total. The van der Waals surface area contributed by atoms with Crippen molar-refractivity contribution in [2.24, 2.45) is 0 Å². The lowest BCUT2D eigenvalue weighted by molar-refractivity contribution is 0.0947. The Bertz CT molecular complexity index is 616. The fourth-order valence-electron chi connectivity index (χ4n) is 1.64. The zero-order valence-corrected chi connectivity index (χ0v) is 10.7. The summed E-state index contributed by atoms with van der Waals surface area (Å²) in [7, 11) is 0. The van der Waals surface area contributed by atoms with Gasteiger partial charge < -0.3 is 11.1 Å². The van der Waals surface area contributed by atoms with E-state index in [1.165, 1.54) is 12.1 Å². The number of rotatable bonds is 3. The Morgan fingerprint density at radius 3 is 2.74 bits per heavy atom. The van der Waals surface area contributed by atoms with E-state index in [-0.39, 0.29) is 17.8 Å². The van der Waals surface area contributed by atoms with Crippen LogP contribution in [0.15, 0.2) is 42.5 Å². The summed E-state index contributed by atoms with van der Waals surface area (Å²) in [5.41, 5.74) is 6.52. The van der Waals surface area contributed by atoms with Crippen molar-refractivity contribution >= 4 is 23.2 Å². The van der Waals surface area contributed by atoms with Crippen LogP contribution in [0.5, 0.6) is 0 Å². The number of anilines is 1. The molecular weight excluding hydrogens is 267 g/mol. The molecule has 5 heteroatoms. The van der Waals surface area contributed by atoms with Crippen LogP contribution in [0.2, 0.25) is 5.02 Å². The van der Waals surface area contributed by atoms with Gasteiger partial charge in [-0.15, -0.1) is 0 Å². The van der Waals surface area contributed by atoms with Gasteiger partial charge in [-0.05, 0) is 35.9 Å². The highest BCUT2D eigenvalue weighted by molar-refractivity contribution is 6.30. The van der Waals surface area contributed by atoms with Crippen LogP contribution in [0, 0.1) is 5.82 Å². The van der Waals surface area contributed by atoms with Crippen LogP contribution in [-0.4, -0.2) is 5.91 Å². The highest BCUT2D eigenvalue weighted by Gasteiger charge is 2.11. The van der Waals surface area contributed by atoms with E-state index >= 15 is 0 Å². The van der Waals surface area contributed by atoms with E-state index in [9.17, 15) is 9.18 Å². The number of nitrogens with two attached hydrogens (primary N) is 1. The third kappa shape index (κ3) is 3.45. The number of nitrogen functional groups attached to an aromatic ring is 1. The Hall–Kier alpha value is -2.07. The van der Waals surface area contributed by atoms with E-state index in [0.29, 0.717) is 5.02 Å². The van der Waals surface area contributed by atoms with Crippen LogP contribution in [0.3, 0.4) is 0 Å².